The van der Waals surface area contributed by atoms with Crippen molar-refractivity contribution < 1.29 is 4.79 Å². The van der Waals surface area contributed by atoms with Crippen molar-refractivity contribution in [3.63, 3.8) is 0 Å². The Labute approximate surface area is 92.1 Å². The molecule has 2 rings (SSSR count). The van der Waals surface area contributed by atoms with Crippen LogP contribution in [0.2, 0.25) is 5.15 Å². The molecule has 0 saturated carbocycles. The Kier molecular flexibility index (Phi) is 2.79. The molecule has 0 fully saturated rings. The fourth-order valence-corrected chi connectivity index (χ4v) is 2.75. The molecular formula is C10H10ClNOS. The summed E-state index contributed by atoms with van der Waals surface area (Å²) in [6.07, 6.45) is 0.991. The third-order valence-electron chi connectivity index (χ3n) is 2.28. The van der Waals surface area contributed by atoms with Crippen molar-refractivity contribution in [1.82, 2.24) is 4.98 Å². The second-order valence-corrected chi connectivity index (χ2v) is 4.75. The van der Waals surface area contributed by atoms with E-state index in [-0.39, 0.29) is 5.78 Å². The summed E-state index contributed by atoms with van der Waals surface area (Å²) in [6.45, 7) is 1.52. The Bertz CT molecular complexity index is 392. The predicted molar refractivity (Wildman–Crippen MR) is 59.1 cm³/mol. The average molecular weight is 228 g/mol. The number of aromatic nitrogens is 1. The molecular weight excluding hydrogens is 218 g/mol. The first kappa shape index (κ1) is 9.99. The molecule has 0 atom stereocenters. The quantitative estimate of drug-likeness (QED) is 0.546. The molecule has 0 bridgehead atoms. The Morgan fingerprint density at radius 1 is 1.64 bits per heavy atom. The molecule has 74 valence electrons. The van der Waals surface area contributed by atoms with Crippen LogP contribution >= 0.6 is 23.4 Å². The van der Waals surface area contributed by atoms with Crippen LogP contribution in [0.3, 0.4) is 0 Å². The van der Waals surface area contributed by atoms with E-state index in [1.54, 1.807) is 0 Å². The lowest BCUT2D eigenvalue weighted by Gasteiger charge is -2.15. The van der Waals surface area contributed by atoms with Gasteiger partial charge in [-0.1, -0.05) is 11.6 Å². The number of fused-ring (bicyclic) bond motifs is 1. The van der Waals surface area contributed by atoms with Crippen molar-refractivity contribution in [2.75, 3.05) is 5.75 Å². The number of hydrogen-bond donors (Lipinski definition) is 0. The number of halogens is 1. The Morgan fingerprint density at radius 2 is 2.43 bits per heavy atom. The molecule has 0 aliphatic carbocycles. The third-order valence-corrected chi connectivity index (χ3v) is 3.54. The molecule has 1 aliphatic heterocycles. The predicted octanol–water partition coefficient (Wildman–Crippen LogP) is 2.73. The smallest absolute Gasteiger partial charge is 0.162 e. The highest BCUT2D eigenvalue weighted by atomic mass is 35.5. The highest BCUT2D eigenvalue weighted by molar-refractivity contribution is 7.98. The number of Topliss-reactive ketones (excluding diaryl/α,β-unsaturated/α-hetero) is 1. The number of nitrogens with zero attached hydrogens (tertiary/aromatic N) is 1. The lowest BCUT2D eigenvalue weighted by molar-refractivity contribution is 0.101. The molecule has 1 aliphatic rings. The highest BCUT2D eigenvalue weighted by Gasteiger charge is 2.16. The minimum Gasteiger partial charge on any atom is -0.294 e. The Morgan fingerprint density at radius 3 is 3.14 bits per heavy atom. The van der Waals surface area contributed by atoms with E-state index in [1.807, 2.05) is 17.8 Å². The van der Waals surface area contributed by atoms with Crippen molar-refractivity contribution in [3.8, 4) is 0 Å². The van der Waals surface area contributed by atoms with Crippen LogP contribution in [0.15, 0.2) is 6.07 Å². The third kappa shape index (κ3) is 1.79. The summed E-state index contributed by atoms with van der Waals surface area (Å²) in [6, 6.07) is 1.90. The van der Waals surface area contributed by atoms with Gasteiger partial charge in [0.05, 0.1) is 11.3 Å². The number of aryl methyl sites for hydroxylation is 1. The van der Waals surface area contributed by atoms with Crippen LogP contribution < -0.4 is 0 Å². The molecule has 0 N–H and O–H groups in total. The number of hydrogen-bond acceptors (Lipinski definition) is 3. The second kappa shape index (κ2) is 3.91. The first-order valence-corrected chi connectivity index (χ1v) is 5.98. The van der Waals surface area contributed by atoms with Crippen LogP contribution in [-0.4, -0.2) is 16.5 Å². The van der Waals surface area contributed by atoms with Gasteiger partial charge >= 0.3 is 0 Å². The van der Waals surface area contributed by atoms with Crippen LogP contribution in [0.1, 0.15) is 28.5 Å². The van der Waals surface area contributed by atoms with E-state index in [0.717, 1.165) is 23.6 Å². The molecule has 0 aromatic carbocycles. The molecule has 0 radical (unpaired) electrons. The van der Waals surface area contributed by atoms with Gasteiger partial charge in [-0.25, -0.2) is 4.98 Å². The summed E-state index contributed by atoms with van der Waals surface area (Å²) in [5.41, 5.74) is 2.77. The molecule has 1 aromatic heterocycles. The van der Waals surface area contributed by atoms with E-state index in [2.05, 4.69) is 4.98 Å². The number of ketones is 1. The minimum absolute atomic E-state index is 0.0106. The molecule has 0 spiro atoms. The van der Waals surface area contributed by atoms with Gasteiger partial charge in [-0.05, 0) is 30.7 Å². The van der Waals surface area contributed by atoms with Crippen LogP contribution in [-0.2, 0) is 12.2 Å². The van der Waals surface area contributed by atoms with Gasteiger partial charge in [0.25, 0.3) is 0 Å². The number of pyridine rings is 1. The van der Waals surface area contributed by atoms with Crippen molar-refractivity contribution in [1.29, 1.82) is 0 Å². The van der Waals surface area contributed by atoms with Crippen molar-refractivity contribution >= 4 is 29.1 Å². The molecule has 0 amide bonds. The van der Waals surface area contributed by atoms with Gasteiger partial charge < -0.3 is 0 Å². The zero-order valence-corrected chi connectivity index (χ0v) is 9.41. The fourth-order valence-electron chi connectivity index (χ4n) is 1.51. The second-order valence-electron chi connectivity index (χ2n) is 3.29. The van der Waals surface area contributed by atoms with Gasteiger partial charge in [0, 0.05) is 5.75 Å². The average Bonchev–Trinajstić information content (AvgIpc) is 2.16. The van der Waals surface area contributed by atoms with E-state index in [9.17, 15) is 4.79 Å². The van der Waals surface area contributed by atoms with Gasteiger partial charge in [-0.2, -0.15) is 11.8 Å². The van der Waals surface area contributed by atoms with Crippen LogP contribution in [0, 0.1) is 0 Å². The lowest BCUT2D eigenvalue weighted by Crippen LogP contribution is -2.08. The fraction of sp³-hybridized carbons (Fsp3) is 0.400. The van der Waals surface area contributed by atoms with E-state index in [0.29, 0.717) is 10.7 Å². The maximum atomic E-state index is 11.2. The van der Waals surface area contributed by atoms with Gasteiger partial charge in [0.2, 0.25) is 0 Å². The van der Waals surface area contributed by atoms with Crippen LogP contribution in [0.25, 0.3) is 0 Å². The number of rotatable bonds is 1. The molecule has 4 heteroatoms. The zero-order valence-electron chi connectivity index (χ0n) is 7.84. The lowest BCUT2D eigenvalue weighted by atomic mass is 10.1. The summed E-state index contributed by atoms with van der Waals surface area (Å²) in [5, 5.41) is 0.346. The summed E-state index contributed by atoms with van der Waals surface area (Å²) < 4.78 is 0. The number of carbonyl (C=O) groups is 1. The summed E-state index contributed by atoms with van der Waals surface area (Å²) in [4.78, 5) is 15.5. The topological polar surface area (TPSA) is 30.0 Å². The molecule has 0 unspecified atom stereocenters. The maximum Gasteiger partial charge on any atom is 0.162 e. The van der Waals surface area contributed by atoms with Gasteiger partial charge in [-0.3, -0.25) is 4.79 Å². The van der Waals surface area contributed by atoms with Crippen molar-refractivity contribution in [3.05, 3.63) is 28.0 Å². The standard InChI is InChI=1S/C10H10ClNOS/c1-6(13)8-4-7-2-3-14-5-9(7)12-10(8)11/h4H,2-3,5H2,1H3. The maximum absolute atomic E-state index is 11.2. The molecule has 14 heavy (non-hydrogen) atoms. The Hall–Kier alpha value is -0.540. The number of thioether (sulfide) groups is 1. The Balaban J connectivity index is 2.50. The molecule has 0 saturated heterocycles. The van der Waals surface area contributed by atoms with Gasteiger partial charge in [0.15, 0.2) is 5.78 Å². The normalized spacial score (nSPS) is 15.0. The zero-order chi connectivity index (χ0) is 10.1. The van der Waals surface area contributed by atoms with Crippen molar-refractivity contribution in [2.45, 2.75) is 19.1 Å². The highest BCUT2D eigenvalue weighted by Crippen LogP contribution is 2.26. The minimum atomic E-state index is -0.0106. The molecule has 1 aromatic rings. The number of carbonyl (C=O) groups excluding carboxylic acids is 1. The van der Waals surface area contributed by atoms with Crippen LogP contribution in [0.4, 0.5) is 0 Å². The molecule has 2 nitrogen and oxygen atoms in total. The van der Waals surface area contributed by atoms with Gasteiger partial charge in [0.1, 0.15) is 5.15 Å². The largest absolute Gasteiger partial charge is 0.294 e. The van der Waals surface area contributed by atoms with Crippen LogP contribution in [0.5, 0.6) is 0 Å². The van der Waals surface area contributed by atoms with E-state index < -0.39 is 0 Å². The summed E-state index contributed by atoms with van der Waals surface area (Å²) in [5.74, 6) is 2.00. The first-order chi connectivity index (χ1) is 6.68. The summed E-state index contributed by atoms with van der Waals surface area (Å²) >= 11 is 7.77. The molecule has 2 heterocycles. The summed E-state index contributed by atoms with van der Waals surface area (Å²) in [7, 11) is 0. The van der Waals surface area contributed by atoms with E-state index >= 15 is 0 Å². The monoisotopic (exact) mass is 227 g/mol. The SMILES string of the molecule is CC(=O)c1cc2c(nc1Cl)CSCC2. The van der Waals surface area contributed by atoms with Gasteiger partial charge in [-0.15, -0.1) is 0 Å². The first-order valence-electron chi connectivity index (χ1n) is 4.45. The van der Waals surface area contributed by atoms with E-state index in [4.69, 9.17) is 11.6 Å². The van der Waals surface area contributed by atoms with E-state index in [1.165, 1.54) is 12.5 Å². The van der Waals surface area contributed by atoms with Crippen molar-refractivity contribution in [2.24, 2.45) is 0 Å².